The van der Waals surface area contributed by atoms with E-state index in [2.05, 4.69) is 77.8 Å². The van der Waals surface area contributed by atoms with Gasteiger partial charge in [0.1, 0.15) is 11.2 Å². The quantitative estimate of drug-likeness (QED) is 0.196. The van der Waals surface area contributed by atoms with Crippen molar-refractivity contribution in [2.24, 2.45) is 0 Å². The Labute approximate surface area is 270 Å². The van der Waals surface area contributed by atoms with Gasteiger partial charge in [0, 0.05) is 45.2 Å². The van der Waals surface area contributed by atoms with Crippen molar-refractivity contribution in [3.8, 4) is 56.4 Å². The second-order valence-corrected chi connectivity index (χ2v) is 11.6. The summed E-state index contributed by atoms with van der Waals surface area (Å²) in [6, 6.07) is 49.8. The third-order valence-electron chi connectivity index (χ3n) is 8.60. The number of hydrogen-bond donors (Lipinski definition) is 0. The molecule has 0 radical (unpaired) electrons. The second-order valence-electron chi connectivity index (χ2n) is 11.6. The van der Waals surface area contributed by atoms with Gasteiger partial charge in [0.25, 0.3) is 0 Å². The van der Waals surface area contributed by atoms with Crippen LogP contribution in [0.3, 0.4) is 0 Å². The summed E-state index contributed by atoms with van der Waals surface area (Å²) < 4.78 is 6.61. The summed E-state index contributed by atoms with van der Waals surface area (Å²) in [6.45, 7) is 0. The van der Waals surface area contributed by atoms with Crippen LogP contribution in [0, 0.1) is 0 Å². The lowest BCUT2D eigenvalue weighted by Crippen LogP contribution is -2.00. The number of benzene rings is 6. The minimum absolute atomic E-state index is 0.586. The summed E-state index contributed by atoms with van der Waals surface area (Å²) >= 11 is 0. The Morgan fingerprint density at radius 1 is 0.404 bits per heavy atom. The van der Waals surface area contributed by atoms with Crippen LogP contribution in [0.5, 0.6) is 0 Å². The van der Waals surface area contributed by atoms with E-state index in [1.54, 1.807) is 0 Å². The lowest BCUT2D eigenvalue weighted by Gasteiger charge is -2.11. The van der Waals surface area contributed by atoms with E-state index in [1.807, 2.05) is 85.2 Å². The minimum Gasteiger partial charge on any atom is -0.456 e. The lowest BCUT2D eigenvalue weighted by molar-refractivity contribution is 0.669. The summed E-state index contributed by atoms with van der Waals surface area (Å²) in [7, 11) is 0. The standard InChI is InChI=1S/C42H26N4O/c1-4-10-27(11-5-1)28-16-18-29(19-17-28)33-23-36(39-35-22-32-20-21-43-26-34(32)25-37(35)47-38(39)24-33)42-45-40(30-12-6-2-7-13-30)44-41(46-42)31-14-8-3-9-15-31/h1-26H. The molecule has 220 valence electrons. The molecule has 0 aliphatic rings. The van der Waals surface area contributed by atoms with Crippen LogP contribution in [0.4, 0.5) is 0 Å². The van der Waals surface area contributed by atoms with Crippen LogP contribution in [0.15, 0.2) is 162 Å². The van der Waals surface area contributed by atoms with E-state index < -0.39 is 0 Å². The molecule has 3 aromatic heterocycles. The van der Waals surface area contributed by atoms with Crippen LogP contribution in [-0.2, 0) is 0 Å². The van der Waals surface area contributed by atoms with Crippen LogP contribution >= 0.6 is 0 Å². The van der Waals surface area contributed by atoms with Crippen molar-refractivity contribution in [2.45, 2.75) is 0 Å². The summed E-state index contributed by atoms with van der Waals surface area (Å²) in [5.74, 6) is 1.82. The van der Waals surface area contributed by atoms with E-state index in [-0.39, 0.29) is 0 Å². The second kappa shape index (κ2) is 11.2. The molecule has 0 saturated heterocycles. The molecule has 9 rings (SSSR count). The van der Waals surface area contributed by atoms with Crippen LogP contribution in [0.2, 0.25) is 0 Å². The Balaban J connectivity index is 1.31. The average molecular weight is 603 g/mol. The number of furan rings is 1. The number of nitrogens with zero attached hydrogens (tertiary/aromatic N) is 4. The number of fused-ring (bicyclic) bond motifs is 4. The number of rotatable bonds is 5. The number of aromatic nitrogens is 4. The summed E-state index contributed by atoms with van der Waals surface area (Å²) in [5.41, 5.74) is 8.72. The molecule has 0 unspecified atom stereocenters. The third-order valence-corrected chi connectivity index (χ3v) is 8.60. The first-order chi connectivity index (χ1) is 23.3. The first kappa shape index (κ1) is 26.9. The van der Waals surface area contributed by atoms with Crippen molar-refractivity contribution in [2.75, 3.05) is 0 Å². The first-order valence-corrected chi connectivity index (χ1v) is 15.5. The molecule has 0 bridgehead atoms. The van der Waals surface area contributed by atoms with Gasteiger partial charge in [-0.3, -0.25) is 4.98 Å². The Hall–Kier alpha value is -6.46. The molecule has 9 aromatic rings. The highest BCUT2D eigenvalue weighted by Crippen LogP contribution is 2.41. The normalized spacial score (nSPS) is 11.4. The maximum absolute atomic E-state index is 6.61. The molecule has 0 aliphatic heterocycles. The molecule has 5 nitrogen and oxygen atoms in total. The molecule has 0 spiro atoms. The van der Waals surface area contributed by atoms with Gasteiger partial charge in [-0.1, -0.05) is 115 Å². The summed E-state index contributed by atoms with van der Waals surface area (Å²) in [6.07, 6.45) is 3.69. The zero-order valence-electron chi connectivity index (χ0n) is 25.2. The van der Waals surface area contributed by atoms with E-state index in [1.165, 1.54) is 5.56 Å². The monoisotopic (exact) mass is 602 g/mol. The van der Waals surface area contributed by atoms with Crippen molar-refractivity contribution in [3.63, 3.8) is 0 Å². The van der Waals surface area contributed by atoms with Gasteiger partial charge in [-0.05, 0) is 58.0 Å². The van der Waals surface area contributed by atoms with Crippen LogP contribution in [-0.4, -0.2) is 19.9 Å². The van der Waals surface area contributed by atoms with E-state index >= 15 is 0 Å². The molecule has 3 heterocycles. The van der Waals surface area contributed by atoms with Crippen molar-refractivity contribution < 1.29 is 4.42 Å². The van der Waals surface area contributed by atoms with Gasteiger partial charge >= 0.3 is 0 Å². The van der Waals surface area contributed by atoms with Crippen molar-refractivity contribution >= 4 is 32.7 Å². The van der Waals surface area contributed by atoms with Crippen LogP contribution in [0.1, 0.15) is 0 Å². The van der Waals surface area contributed by atoms with Gasteiger partial charge in [-0.15, -0.1) is 0 Å². The Morgan fingerprint density at radius 2 is 0.957 bits per heavy atom. The molecule has 0 amide bonds. The maximum Gasteiger partial charge on any atom is 0.164 e. The van der Waals surface area contributed by atoms with Crippen LogP contribution < -0.4 is 0 Å². The van der Waals surface area contributed by atoms with Gasteiger partial charge in [0.05, 0.1) is 0 Å². The largest absolute Gasteiger partial charge is 0.456 e. The predicted octanol–water partition coefficient (Wildman–Crippen LogP) is 10.7. The molecular formula is C42H26N4O. The van der Waals surface area contributed by atoms with E-state index in [0.717, 1.165) is 66.1 Å². The highest BCUT2D eigenvalue weighted by atomic mass is 16.3. The lowest BCUT2D eigenvalue weighted by atomic mass is 9.96. The Morgan fingerprint density at radius 3 is 1.60 bits per heavy atom. The van der Waals surface area contributed by atoms with Gasteiger partial charge in [-0.2, -0.15) is 0 Å². The topological polar surface area (TPSA) is 64.7 Å². The molecule has 0 atom stereocenters. The number of pyridine rings is 1. The minimum atomic E-state index is 0.586. The third kappa shape index (κ3) is 4.91. The molecular weight excluding hydrogens is 576 g/mol. The average Bonchev–Trinajstić information content (AvgIpc) is 3.51. The van der Waals surface area contributed by atoms with Crippen LogP contribution in [0.25, 0.3) is 89.1 Å². The molecule has 47 heavy (non-hydrogen) atoms. The zero-order chi connectivity index (χ0) is 31.2. The molecule has 6 aromatic carbocycles. The zero-order valence-corrected chi connectivity index (χ0v) is 25.2. The van der Waals surface area contributed by atoms with Crippen molar-refractivity contribution in [1.82, 2.24) is 19.9 Å². The fourth-order valence-corrected chi connectivity index (χ4v) is 6.24. The highest BCUT2D eigenvalue weighted by Gasteiger charge is 2.20. The predicted molar refractivity (Wildman–Crippen MR) is 190 cm³/mol. The highest BCUT2D eigenvalue weighted by molar-refractivity contribution is 6.16. The van der Waals surface area contributed by atoms with E-state index in [4.69, 9.17) is 19.4 Å². The van der Waals surface area contributed by atoms with Crippen molar-refractivity contribution in [3.05, 3.63) is 158 Å². The molecule has 0 fully saturated rings. The SMILES string of the molecule is c1ccc(-c2ccc(-c3cc(-c4nc(-c5ccccc5)nc(-c5ccccc5)n4)c4c(c3)oc3cc5cnccc5cc34)cc2)cc1. The number of hydrogen-bond acceptors (Lipinski definition) is 5. The fourth-order valence-electron chi connectivity index (χ4n) is 6.24. The first-order valence-electron chi connectivity index (χ1n) is 15.5. The Kier molecular flexibility index (Phi) is 6.39. The smallest absolute Gasteiger partial charge is 0.164 e. The molecule has 0 aliphatic carbocycles. The molecule has 5 heteroatoms. The fraction of sp³-hybridized carbons (Fsp3) is 0. The molecule has 0 saturated carbocycles. The molecule has 0 N–H and O–H groups in total. The van der Waals surface area contributed by atoms with Gasteiger partial charge < -0.3 is 4.42 Å². The van der Waals surface area contributed by atoms with Gasteiger partial charge in [0.2, 0.25) is 0 Å². The van der Waals surface area contributed by atoms with Gasteiger partial charge in [0.15, 0.2) is 17.5 Å². The summed E-state index contributed by atoms with van der Waals surface area (Å²) in [4.78, 5) is 19.5. The van der Waals surface area contributed by atoms with E-state index in [0.29, 0.717) is 17.5 Å². The Bertz CT molecular complexity index is 2490. The maximum atomic E-state index is 6.61. The summed E-state index contributed by atoms with van der Waals surface area (Å²) in [5, 5.41) is 4.08. The van der Waals surface area contributed by atoms with Gasteiger partial charge in [-0.25, -0.2) is 15.0 Å². The van der Waals surface area contributed by atoms with E-state index in [9.17, 15) is 0 Å². The van der Waals surface area contributed by atoms with Crippen molar-refractivity contribution in [1.29, 1.82) is 0 Å².